The van der Waals surface area contributed by atoms with E-state index in [1.54, 1.807) is 54.6 Å². The molecule has 0 heterocycles. The van der Waals surface area contributed by atoms with Crippen LogP contribution in [-0.4, -0.2) is 18.0 Å². The summed E-state index contributed by atoms with van der Waals surface area (Å²) in [6.07, 6.45) is 2.91. The lowest BCUT2D eigenvalue weighted by Gasteiger charge is -2.09. The molecule has 5 nitrogen and oxygen atoms in total. The number of benzene rings is 3. The van der Waals surface area contributed by atoms with Gasteiger partial charge in [-0.3, -0.25) is 9.59 Å². The number of carbonyl (C=O) groups is 2. The first kappa shape index (κ1) is 21.3. The normalized spacial score (nSPS) is 11.3. The van der Waals surface area contributed by atoms with Crippen molar-refractivity contribution in [3.8, 4) is 0 Å². The fourth-order valence-corrected chi connectivity index (χ4v) is 3.00. The van der Waals surface area contributed by atoms with Crippen LogP contribution < -0.4 is 10.7 Å². The van der Waals surface area contributed by atoms with Crippen molar-refractivity contribution in [2.75, 3.05) is 0 Å². The summed E-state index contributed by atoms with van der Waals surface area (Å²) in [5.41, 5.74) is 4.08. The second kappa shape index (κ2) is 10.4. The van der Waals surface area contributed by atoms with Crippen molar-refractivity contribution in [1.82, 2.24) is 10.7 Å². The lowest BCUT2D eigenvalue weighted by Crippen LogP contribution is -2.32. The van der Waals surface area contributed by atoms with E-state index in [9.17, 15) is 9.59 Å². The Morgan fingerprint density at radius 2 is 1.40 bits per heavy atom. The van der Waals surface area contributed by atoms with Gasteiger partial charge in [0.2, 0.25) is 0 Å². The topological polar surface area (TPSA) is 70.6 Å². The number of hydrogen-bond donors (Lipinski definition) is 2. The predicted molar refractivity (Wildman–Crippen MR) is 121 cm³/mol. The first-order valence-corrected chi connectivity index (χ1v) is 9.71. The number of hydrogen-bond acceptors (Lipinski definition) is 3. The molecule has 0 aliphatic rings. The predicted octanol–water partition coefficient (Wildman–Crippen LogP) is 4.91. The van der Waals surface area contributed by atoms with Gasteiger partial charge in [0.1, 0.15) is 5.70 Å². The van der Waals surface area contributed by atoms with Gasteiger partial charge in [0.15, 0.2) is 0 Å². The zero-order valence-electron chi connectivity index (χ0n) is 15.7. The van der Waals surface area contributed by atoms with Gasteiger partial charge >= 0.3 is 0 Å². The van der Waals surface area contributed by atoms with Gasteiger partial charge in [-0.15, -0.1) is 0 Å². The van der Waals surface area contributed by atoms with E-state index >= 15 is 0 Å². The van der Waals surface area contributed by atoms with Gasteiger partial charge < -0.3 is 5.32 Å². The number of rotatable bonds is 6. The summed E-state index contributed by atoms with van der Waals surface area (Å²) < 4.78 is 0. The van der Waals surface area contributed by atoms with Crippen LogP contribution >= 0.6 is 23.2 Å². The molecular formula is C23H17Cl2N3O2. The van der Waals surface area contributed by atoms with Gasteiger partial charge in [0, 0.05) is 11.1 Å². The van der Waals surface area contributed by atoms with Crippen molar-refractivity contribution in [3.63, 3.8) is 0 Å². The number of hydrazone groups is 1. The van der Waals surface area contributed by atoms with E-state index in [1.807, 2.05) is 30.3 Å². The first-order valence-electron chi connectivity index (χ1n) is 8.95. The van der Waals surface area contributed by atoms with E-state index < -0.39 is 11.8 Å². The quantitative estimate of drug-likeness (QED) is 0.326. The molecule has 0 bridgehead atoms. The summed E-state index contributed by atoms with van der Waals surface area (Å²) in [5, 5.41) is 7.36. The van der Waals surface area contributed by atoms with Crippen molar-refractivity contribution in [2.45, 2.75) is 0 Å². The molecule has 2 amide bonds. The third-order valence-corrected chi connectivity index (χ3v) is 4.66. The van der Waals surface area contributed by atoms with E-state index in [-0.39, 0.29) is 5.70 Å². The average molecular weight is 438 g/mol. The Hall–Kier alpha value is -3.41. The maximum Gasteiger partial charge on any atom is 0.287 e. The van der Waals surface area contributed by atoms with Crippen LogP contribution in [0.15, 0.2) is 89.7 Å². The van der Waals surface area contributed by atoms with Crippen LogP contribution in [-0.2, 0) is 4.79 Å². The zero-order valence-corrected chi connectivity index (χ0v) is 17.2. The van der Waals surface area contributed by atoms with E-state index in [1.165, 1.54) is 6.21 Å². The molecule has 0 fully saturated rings. The van der Waals surface area contributed by atoms with Crippen molar-refractivity contribution < 1.29 is 9.59 Å². The molecule has 0 aromatic heterocycles. The maximum atomic E-state index is 12.7. The second-order valence-corrected chi connectivity index (χ2v) is 6.94. The van der Waals surface area contributed by atoms with Crippen LogP contribution in [0.4, 0.5) is 0 Å². The Kier molecular flexibility index (Phi) is 7.38. The highest BCUT2D eigenvalue weighted by molar-refractivity contribution is 6.38. The molecule has 2 N–H and O–H groups in total. The molecule has 0 saturated heterocycles. The third-order valence-electron chi connectivity index (χ3n) is 4.00. The largest absolute Gasteiger partial charge is 0.317 e. The van der Waals surface area contributed by atoms with E-state index in [2.05, 4.69) is 15.8 Å². The van der Waals surface area contributed by atoms with E-state index in [0.29, 0.717) is 21.2 Å². The minimum atomic E-state index is -0.595. The van der Waals surface area contributed by atoms with Crippen LogP contribution in [0.1, 0.15) is 21.5 Å². The molecule has 0 spiro atoms. The Balaban J connectivity index is 1.81. The molecule has 0 atom stereocenters. The van der Waals surface area contributed by atoms with Gasteiger partial charge in [0.05, 0.1) is 16.3 Å². The summed E-state index contributed by atoms with van der Waals surface area (Å²) in [5.74, 6) is -1.01. The average Bonchev–Trinajstić information content (AvgIpc) is 2.76. The summed E-state index contributed by atoms with van der Waals surface area (Å²) >= 11 is 12.2. The first-order chi connectivity index (χ1) is 14.5. The van der Waals surface area contributed by atoms with Crippen LogP contribution in [0.2, 0.25) is 10.0 Å². The molecular weight excluding hydrogens is 421 g/mol. The minimum Gasteiger partial charge on any atom is -0.317 e. The Morgan fingerprint density at radius 3 is 2.03 bits per heavy atom. The number of carbonyl (C=O) groups excluding carboxylic acids is 2. The number of amides is 2. The minimum absolute atomic E-state index is 0.0393. The standard InChI is InChI=1S/C23H17Cl2N3O2/c24-19-12-7-13-20(25)18(19)15-26-28-23(30)21(14-16-8-3-1-4-9-16)27-22(29)17-10-5-2-6-11-17/h1-15H,(H,27,29)(H,28,30)/b21-14-,26-15-. The summed E-state index contributed by atoms with van der Waals surface area (Å²) in [7, 11) is 0. The van der Waals surface area contributed by atoms with Crippen molar-refractivity contribution in [2.24, 2.45) is 5.10 Å². The maximum absolute atomic E-state index is 12.7. The Morgan fingerprint density at radius 1 is 0.800 bits per heavy atom. The van der Waals surface area contributed by atoms with Crippen molar-refractivity contribution in [3.05, 3.63) is 111 Å². The van der Waals surface area contributed by atoms with Crippen LogP contribution in [0.3, 0.4) is 0 Å². The monoisotopic (exact) mass is 437 g/mol. The molecule has 0 aliphatic carbocycles. The van der Waals surface area contributed by atoms with Crippen LogP contribution in [0.25, 0.3) is 6.08 Å². The van der Waals surface area contributed by atoms with Crippen molar-refractivity contribution >= 4 is 47.3 Å². The molecule has 150 valence electrons. The van der Waals surface area contributed by atoms with E-state index in [0.717, 1.165) is 5.56 Å². The van der Waals surface area contributed by atoms with Gasteiger partial charge in [-0.25, -0.2) is 5.43 Å². The van der Waals surface area contributed by atoms with Crippen LogP contribution in [0, 0.1) is 0 Å². The lowest BCUT2D eigenvalue weighted by atomic mass is 10.1. The highest BCUT2D eigenvalue weighted by Crippen LogP contribution is 2.22. The summed E-state index contributed by atoms with van der Waals surface area (Å²) in [4.78, 5) is 25.2. The van der Waals surface area contributed by atoms with Gasteiger partial charge in [0.25, 0.3) is 11.8 Å². The fourth-order valence-electron chi connectivity index (χ4n) is 2.51. The summed E-state index contributed by atoms with van der Waals surface area (Å²) in [6.45, 7) is 0. The number of halogens is 2. The number of nitrogens with zero attached hydrogens (tertiary/aromatic N) is 1. The van der Waals surface area contributed by atoms with Gasteiger partial charge in [-0.1, -0.05) is 77.8 Å². The molecule has 0 radical (unpaired) electrons. The molecule has 7 heteroatoms. The fraction of sp³-hybridized carbons (Fsp3) is 0. The highest BCUT2D eigenvalue weighted by Gasteiger charge is 2.14. The smallest absolute Gasteiger partial charge is 0.287 e. The van der Waals surface area contributed by atoms with Crippen LogP contribution in [0.5, 0.6) is 0 Å². The third kappa shape index (κ3) is 5.80. The lowest BCUT2D eigenvalue weighted by molar-refractivity contribution is -0.117. The Bertz CT molecular complexity index is 1080. The molecule has 30 heavy (non-hydrogen) atoms. The van der Waals surface area contributed by atoms with Gasteiger partial charge in [-0.2, -0.15) is 5.10 Å². The summed E-state index contributed by atoms with van der Waals surface area (Å²) in [6, 6.07) is 22.8. The highest BCUT2D eigenvalue weighted by atomic mass is 35.5. The molecule has 0 aliphatic heterocycles. The molecule has 0 unspecified atom stereocenters. The van der Waals surface area contributed by atoms with Gasteiger partial charge in [-0.05, 0) is 35.9 Å². The molecule has 3 rings (SSSR count). The number of nitrogens with one attached hydrogen (secondary N) is 2. The van der Waals surface area contributed by atoms with Crippen molar-refractivity contribution in [1.29, 1.82) is 0 Å². The molecule has 3 aromatic rings. The molecule has 3 aromatic carbocycles. The second-order valence-electron chi connectivity index (χ2n) is 6.12. The molecule has 0 saturated carbocycles. The zero-order chi connectivity index (χ0) is 21.3. The SMILES string of the molecule is O=C(N/N=C\c1c(Cl)cccc1Cl)/C(=C/c1ccccc1)NC(=O)c1ccccc1. The Labute approximate surface area is 184 Å². The van der Waals surface area contributed by atoms with E-state index in [4.69, 9.17) is 23.2 Å².